The molecule has 0 nitrogen and oxygen atoms in total. The van der Waals surface area contributed by atoms with Crippen LogP contribution in [0.4, 0.5) is 0 Å². The Morgan fingerprint density at radius 2 is 1.50 bits per heavy atom. The van der Waals surface area contributed by atoms with Gasteiger partial charge in [0.05, 0.1) is 4.88 Å². The van der Waals surface area contributed by atoms with Crippen molar-refractivity contribution in [3.63, 3.8) is 0 Å². The van der Waals surface area contributed by atoms with Crippen LogP contribution >= 0.6 is 22.9 Å². The molecule has 0 aliphatic carbocycles. The molecule has 0 amide bonds. The first-order chi connectivity index (χ1) is 9.81. The van der Waals surface area contributed by atoms with Crippen molar-refractivity contribution >= 4 is 22.9 Å². The lowest BCUT2D eigenvalue weighted by molar-refractivity contribution is 1.65. The molecule has 0 aliphatic rings. The van der Waals surface area contributed by atoms with Crippen molar-refractivity contribution in [3.8, 4) is 22.3 Å². The van der Waals surface area contributed by atoms with Gasteiger partial charge in [-0.1, -0.05) is 53.8 Å². The van der Waals surface area contributed by atoms with E-state index in [1.54, 1.807) is 11.3 Å². The van der Waals surface area contributed by atoms with E-state index >= 15 is 0 Å². The molecule has 3 rings (SSSR count). The Balaban J connectivity index is 1.84. The summed E-state index contributed by atoms with van der Waals surface area (Å²) in [5.74, 6) is 6.38. The molecule has 0 saturated carbocycles. The maximum Gasteiger partial charge on any atom is 0.0778 e. The fraction of sp³-hybridized carbons (Fsp3) is 0. The fourth-order valence-corrected chi connectivity index (χ4v) is 2.82. The molecular weight excluding hydrogens is 284 g/mol. The zero-order valence-corrected chi connectivity index (χ0v) is 12.2. The predicted molar refractivity (Wildman–Crippen MR) is 87.2 cm³/mol. The fourth-order valence-electron chi connectivity index (χ4n) is 1.83. The Kier molecular flexibility index (Phi) is 3.87. The minimum atomic E-state index is 0.759. The van der Waals surface area contributed by atoms with Crippen LogP contribution in [-0.4, -0.2) is 0 Å². The van der Waals surface area contributed by atoms with Gasteiger partial charge in [-0.25, -0.2) is 0 Å². The SMILES string of the molecule is Clc1ccc(-c2ccc(C#Cc3ccccc3)s2)cc1. The van der Waals surface area contributed by atoms with Crippen molar-refractivity contribution in [2.24, 2.45) is 0 Å². The van der Waals surface area contributed by atoms with Gasteiger partial charge >= 0.3 is 0 Å². The summed E-state index contributed by atoms with van der Waals surface area (Å²) in [4.78, 5) is 2.28. The molecule has 2 aromatic carbocycles. The van der Waals surface area contributed by atoms with Gasteiger partial charge in [-0.15, -0.1) is 11.3 Å². The van der Waals surface area contributed by atoms with Crippen LogP contribution in [0.15, 0.2) is 66.7 Å². The Labute approximate surface area is 127 Å². The zero-order chi connectivity index (χ0) is 13.8. The summed E-state index contributed by atoms with van der Waals surface area (Å²) >= 11 is 7.60. The Morgan fingerprint density at radius 3 is 2.25 bits per heavy atom. The van der Waals surface area contributed by atoms with Crippen LogP contribution in [-0.2, 0) is 0 Å². The largest absolute Gasteiger partial charge is 0.127 e. The molecule has 0 aliphatic heterocycles. The molecule has 2 heteroatoms. The first kappa shape index (κ1) is 13.0. The Bertz CT molecular complexity index is 758. The monoisotopic (exact) mass is 294 g/mol. The van der Waals surface area contributed by atoms with Crippen molar-refractivity contribution in [2.75, 3.05) is 0 Å². The van der Waals surface area contributed by atoms with Gasteiger partial charge in [0.15, 0.2) is 0 Å². The minimum Gasteiger partial charge on any atom is -0.127 e. The van der Waals surface area contributed by atoms with Gasteiger partial charge in [0.2, 0.25) is 0 Å². The lowest BCUT2D eigenvalue weighted by Crippen LogP contribution is -1.70. The molecule has 20 heavy (non-hydrogen) atoms. The van der Waals surface area contributed by atoms with Gasteiger partial charge < -0.3 is 0 Å². The molecule has 0 spiro atoms. The summed E-state index contributed by atoms with van der Waals surface area (Å²) in [6.45, 7) is 0. The third kappa shape index (κ3) is 3.11. The van der Waals surface area contributed by atoms with Gasteiger partial charge in [0.1, 0.15) is 0 Å². The van der Waals surface area contributed by atoms with E-state index in [1.807, 2.05) is 54.6 Å². The average Bonchev–Trinajstić information content (AvgIpc) is 2.96. The number of hydrogen-bond acceptors (Lipinski definition) is 1. The number of benzene rings is 2. The van der Waals surface area contributed by atoms with E-state index in [9.17, 15) is 0 Å². The second-order valence-electron chi connectivity index (χ2n) is 4.29. The van der Waals surface area contributed by atoms with Gasteiger partial charge in [0, 0.05) is 15.5 Å². The molecule has 96 valence electrons. The van der Waals surface area contributed by atoms with Crippen molar-refractivity contribution in [3.05, 3.63) is 82.2 Å². The molecule has 1 heterocycles. The third-order valence-corrected chi connectivity index (χ3v) is 4.14. The normalized spacial score (nSPS) is 9.85. The van der Waals surface area contributed by atoms with Crippen LogP contribution in [0.1, 0.15) is 10.4 Å². The van der Waals surface area contributed by atoms with Crippen LogP contribution in [0.2, 0.25) is 5.02 Å². The number of hydrogen-bond donors (Lipinski definition) is 0. The zero-order valence-electron chi connectivity index (χ0n) is 10.6. The summed E-state index contributed by atoms with van der Waals surface area (Å²) in [6.07, 6.45) is 0. The number of rotatable bonds is 1. The smallest absolute Gasteiger partial charge is 0.0778 e. The molecule has 3 aromatic rings. The maximum absolute atomic E-state index is 5.90. The highest BCUT2D eigenvalue weighted by atomic mass is 35.5. The molecular formula is C18H11ClS. The van der Waals surface area contributed by atoms with Crippen molar-refractivity contribution in [2.45, 2.75) is 0 Å². The summed E-state index contributed by atoms with van der Waals surface area (Å²) in [6, 6.07) is 22.1. The molecule has 0 N–H and O–H groups in total. The predicted octanol–water partition coefficient (Wildman–Crippen LogP) is 5.47. The second kappa shape index (κ2) is 5.96. The average molecular weight is 295 g/mol. The lowest BCUT2D eigenvalue weighted by Gasteiger charge is -1.96. The van der Waals surface area contributed by atoms with Gasteiger partial charge in [-0.05, 0) is 42.0 Å². The van der Waals surface area contributed by atoms with E-state index < -0.39 is 0 Å². The first-order valence-corrected chi connectivity index (χ1v) is 7.43. The van der Waals surface area contributed by atoms with Gasteiger partial charge in [-0.2, -0.15) is 0 Å². The summed E-state index contributed by atoms with van der Waals surface area (Å²) in [5.41, 5.74) is 2.21. The van der Waals surface area contributed by atoms with Crippen molar-refractivity contribution < 1.29 is 0 Å². The minimum absolute atomic E-state index is 0.759. The first-order valence-electron chi connectivity index (χ1n) is 6.24. The molecule has 0 atom stereocenters. The standard InChI is InChI=1S/C18H11ClS/c19-16-9-7-15(8-10-16)18-13-12-17(20-18)11-6-14-4-2-1-3-5-14/h1-5,7-10,12-13H. The maximum atomic E-state index is 5.90. The Morgan fingerprint density at radius 1 is 0.750 bits per heavy atom. The summed E-state index contributed by atoms with van der Waals surface area (Å²) < 4.78 is 0. The number of halogens is 1. The second-order valence-corrected chi connectivity index (χ2v) is 5.81. The summed E-state index contributed by atoms with van der Waals surface area (Å²) in [5, 5.41) is 0.759. The van der Waals surface area contributed by atoms with Crippen molar-refractivity contribution in [1.29, 1.82) is 0 Å². The quantitative estimate of drug-likeness (QED) is 0.522. The highest BCUT2D eigenvalue weighted by Gasteiger charge is 2.01. The molecule has 0 bridgehead atoms. The molecule has 0 unspecified atom stereocenters. The highest BCUT2D eigenvalue weighted by molar-refractivity contribution is 7.16. The lowest BCUT2D eigenvalue weighted by atomic mass is 10.2. The van der Waals surface area contributed by atoms with Crippen LogP contribution < -0.4 is 0 Å². The van der Waals surface area contributed by atoms with Crippen LogP contribution in [0.25, 0.3) is 10.4 Å². The molecule has 0 fully saturated rings. The van der Waals surface area contributed by atoms with Crippen molar-refractivity contribution in [1.82, 2.24) is 0 Å². The third-order valence-electron chi connectivity index (χ3n) is 2.84. The van der Waals surface area contributed by atoms with E-state index in [2.05, 4.69) is 24.0 Å². The van der Waals surface area contributed by atoms with E-state index in [1.165, 1.54) is 10.4 Å². The highest BCUT2D eigenvalue weighted by Crippen LogP contribution is 2.28. The Hall–Kier alpha value is -2.01. The van der Waals surface area contributed by atoms with E-state index in [-0.39, 0.29) is 0 Å². The topological polar surface area (TPSA) is 0 Å². The molecule has 1 aromatic heterocycles. The van der Waals surface area contributed by atoms with E-state index in [0.717, 1.165) is 15.5 Å². The van der Waals surface area contributed by atoms with E-state index in [4.69, 9.17) is 11.6 Å². The van der Waals surface area contributed by atoms with Gasteiger partial charge in [0.25, 0.3) is 0 Å². The van der Waals surface area contributed by atoms with Gasteiger partial charge in [-0.3, -0.25) is 0 Å². The van der Waals surface area contributed by atoms with Crippen LogP contribution in [0, 0.1) is 11.8 Å². The molecule has 0 saturated heterocycles. The van der Waals surface area contributed by atoms with Crippen LogP contribution in [0.5, 0.6) is 0 Å². The number of thiophene rings is 1. The van der Waals surface area contributed by atoms with Crippen LogP contribution in [0.3, 0.4) is 0 Å². The molecule has 0 radical (unpaired) electrons. The van der Waals surface area contributed by atoms with E-state index in [0.29, 0.717) is 0 Å². The summed E-state index contributed by atoms with van der Waals surface area (Å²) in [7, 11) is 0.